The zero-order chi connectivity index (χ0) is 10.1. The van der Waals surface area contributed by atoms with Gasteiger partial charge in [0.1, 0.15) is 5.82 Å². The Bertz CT molecular complexity index is 470. The summed E-state index contributed by atoms with van der Waals surface area (Å²) in [5, 5.41) is 7.51. The lowest BCUT2D eigenvalue weighted by molar-refractivity contribution is 0.535. The number of halogens is 2. The highest BCUT2D eigenvalue weighted by Crippen LogP contribution is 2.23. The predicted octanol–water partition coefficient (Wildman–Crippen LogP) is 2.79. The molecule has 0 spiro atoms. The Morgan fingerprint density at radius 2 is 2.14 bits per heavy atom. The third-order valence-corrected chi connectivity index (χ3v) is 2.27. The van der Waals surface area contributed by atoms with Gasteiger partial charge in [-0.3, -0.25) is 0 Å². The maximum Gasteiger partial charge on any atom is 0.278 e. The van der Waals surface area contributed by atoms with Crippen LogP contribution in [0.5, 0.6) is 0 Å². The van der Waals surface area contributed by atoms with Gasteiger partial charge in [-0.25, -0.2) is 4.39 Å². The molecule has 0 bridgehead atoms. The van der Waals surface area contributed by atoms with Crippen LogP contribution in [0.25, 0.3) is 11.5 Å². The van der Waals surface area contributed by atoms with E-state index in [9.17, 15) is 4.39 Å². The van der Waals surface area contributed by atoms with Gasteiger partial charge in [-0.05, 0) is 24.6 Å². The summed E-state index contributed by atoms with van der Waals surface area (Å²) in [6, 6.07) is 4.47. The third-order valence-electron chi connectivity index (χ3n) is 1.83. The van der Waals surface area contributed by atoms with Crippen LogP contribution < -0.4 is 0 Å². The maximum atomic E-state index is 12.9. The van der Waals surface area contributed by atoms with Crippen molar-refractivity contribution in [3.05, 3.63) is 33.5 Å². The smallest absolute Gasteiger partial charge is 0.278 e. The van der Waals surface area contributed by atoms with Crippen LogP contribution in [0.15, 0.2) is 22.6 Å². The zero-order valence-electron chi connectivity index (χ0n) is 7.29. The lowest BCUT2D eigenvalue weighted by Gasteiger charge is -1.99. The average Bonchev–Trinajstić information content (AvgIpc) is 2.56. The summed E-state index contributed by atoms with van der Waals surface area (Å²) >= 11 is 1.91. The number of aromatic nitrogens is 2. The number of benzene rings is 1. The monoisotopic (exact) mass is 304 g/mol. The average molecular weight is 304 g/mol. The molecule has 1 aromatic carbocycles. The molecular weight excluding hydrogens is 298 g/mol. The minimum atomic E-state index is -0.307. The molecule has 5 heteroatoms. The molecule has 0 N–H and O–H groups in total. The van der Waals surface area contributed by atoms with E-state index in [0.29, 0.717) is 15.4 Å². The summed E-state index contributed by atoms with van der Waals surface area (Å²) in [4.78, 5) is 0. The molecule has 14 heavy (non-hydrogen) atoms. The van der Waals surface area contributed by atoms with E-state index in [1.54, 1.807) is 6.07 Å². The van der Waals surface area contributed by atoms with Crippen molar-refractivity contribution >= 4 is 22.6 Å². The first-order valence-corrected chi connectivity index (χ1v) is 5.00. The van der Waals surface area contributed by atoms with Crippen molar-refractivity contribution in [2.24, 2.45) is 0 Å². The highest BCUT2D eigenvalue weighted by Gasteiger charge is 2.10. The van der Waals surface area contributed by atoms with Crippen molar-refractivity contribution in [3.8, 4) is 11.5 Å². The molecule has 3 nitrogen and oxygen atoms in total. The Morgan fingerprint density at radius 1 is 1.36 bits per heavy atom. The van der Waals surface area contributed by atoms with Crippen molar-refractivity contribution in [2.45, 2.75) is 6.92 Å². The van der Waals surface area contributed by atoms with Crippen molar-refractivity contribution < 1.29 is 8.81 Å². The van der Waals surface area contributed by atoms with Gasteiger partial charge < -0.3 is 4.42 Å². The minimum absolute atomic E-state index is 0.307. The normalized spacial score (nSPS) is 10.5. The first kappa shape index (κ1) is 9.57. The molecular formula is C9H6FIN2O. The van der Waals surface area contributed by atoms with Crippen LogP contribution in [0.4, 0.5) is 4.39 Å². The molecule has 0 fully saturated rings. The van der Waals surface area contributed by atoms with E-state index in [-0.39, 0.29) is 5.82 Å². The van der Waals surface area contributed by atoms with Gasteiger partial charge in [0.2, 0.25) is 5.89 Å². The molecule has 72 valence electrons. The Balaban J connectivity index is 2.55. The summed E-state index contributed by atoms with van der Waals surface area (Å²) in [6.45, 7) is 1.87. The molecule has 0 saturated heterocycles. The van der Waals surface area contributed by atoms with Crippen molar-refractivity contribution in [1.29, 1.82) is 0 Å². The van der Waals surface area contributed by atoms with Gasteiger partial charge in [0, 0.05) is 28.2 Å². The second-order valence-electron chi connectivity index (χ2n) is 2.82. The molecule has 0 aliphatic rings. The van der Waals surface area contributed by atoms with Gasteiger partial charge in [0.25, 0.3) is 3.90 Å². The first-order valence-electron chi connectivity index (χ1n) is 3.92. The third kappa shape index (κ3) is 1.77. The van der Waals surface area contributed by atoms with Gasteiger partial charge >= 0.3 is 0 Å². The summed E-state index contributed by atoms with van der Waals surface area (Å²) in [7, 11) is 0. The van der Waals surface area contributed by atoms with Gasteiger partial charge in [0.15, 0.2) is 0 Å². The van der Waals surface area contributed by atoms with Crippen LogP contribution in [-0.2, 0) is 0 Å². The lowest BCUT2D eigenvalue weighted by Crippen LogP contribution is -1.85. The summed E-state index contributed by atoms with van der Waals surface area (Å²) < 4.78 is 18.6. The molecule has 0 aliphatic carbocycles. The van der Waals surface area contributed by atoms with E-state index >= 15 is 0 Å². The van der Waals surface area contributed by atoms with Crippen LogP contribution in [0.3, 0.4) is 0 Å². The Kier molecular flexibility index (Phi) is 2.49. The molecule has 1 aromatic heterocycles. The summed E-state index contributed by atoms with van der Waals surface area (Å²) in [5.41, 5.74) is 1.55. The van der Waals surface area contributed by atoms with Crippen LogP contribution >= 0.6 is 22.6 Å². The second kappa shape index (κ2) is 3.64. The fraction of sp³-hybridized carbons (Fsp3) is 0.111. The van der Waals surface area contributed by atoms with Crippen LogP contribution in [-0.4, -0.2) is 10.2 Å². The molecule has 0 atom stereocenters. The van der Waals surface area contributed by atoms with Crippen molar-refractivity contribution in [3.63, 3.8) is 0 Å². The molecule has 0 unspecified atom stereocenters. The molecule has 2 rings (SSSR count). The summed E-state index contributed by atoms with van der Waals surface area (Å²) in [6.07, 6.45) is 0. The first-order chi connectivity index (χ1) is 6.66. The molecule has 0 radical (unpaired) electrons. The Labute approximate surface area is 93.5 Å². The zero-order valence-corrected chi connectivity index (χ0v) is 9.45. The highest BCUT2D eigenvalue weighted by atomic mass is 127. The molecule has 2 aromatic rings. The topological polar surface area (TPSA) is 38.9 Å². The van der Waals surface area contributed by atoms with Crippen molar-refractivity contribution in [2.75, 3.05) is 0 Å². The standard InChI is InChI=1S/C9H6FIN2O/c1-5-2-3-6(10)4-7(5)8-12-13-9(11)14-8/h2-4H,1H3. The second-order valence-corrected chi connectivity index (χ2v) is 3.74. The largest absolute Gasteiger partial charge is 0.412 e. The maximum absolute atomic E-state index is 12.9. The number of aryl methyl sites for hydroxylation is 1. The predicted molar refractivity (Wildman–Crippen MR) is 57.1 cm³/mol. The Morgan fingerprint density at radius 3 is 2.79 bits per heavy atom. The van der Waals surface area contributed by atoms with E-state index in [0.717, 1.165) is 5.56 Å². The fourth-order valence-corrected chi connectivity index (χ4v) is 1.46. The summed E-state index contributed by atoms with van der Waals surface area (Å²) in [5.74, 6) is 0.0465. The quantitative estimate of drug-likeness (QED) is 0.761. The van der Waals surface area contributed by atoms with E-state index in [1.165, 1.54) is 12.1 Å². The lowest BCUT2D eigenvalue weighted by atomic mass is 10.1. The number of hydrogen-bond donors (Lipinski definition) is 0. The molecule has 0 amide bonds. The number of nitrogens with zero attached hydrogens (tertiary/aromatic N) is 2. The number of rotatable bonds is 1. The van der Waals surface area contributed by atoms with Crippen LogP contribution in [0, 0.1) is 16.6 Å². The van der Waals surface area contributed by atoms with Gasteiger partial charge in [-0.1, -0.05) is 6.07 Å². The SMILES string of the molecule is Cc1ccc(F)cc1-c1nnc(I)o1. The minimum Gasteiger partial charge on any atom is -0.412 e. The van der Waals surface area contributed by atoms with E-state index < -0.39 is 0 Å². The van der Waals surface area contributed by atoms with E-state index in [1.807, 2.05) is 29.5 Å². The molecule has 0 saturated carbocycles. The molecule has 1 heterocycles. The van der Waals surface area contributed by atoms with Crippen molar-refractivity contribution in [1.82, 2.24) is 10.2 Å². The fourth-order valence-electron chi connectivity index (χ4n) is 1.14. The van der Waals surface area contributed by atoms with E-state index in [4.69, 9.17) is 4.42 Å². The number of hydrogen-bond acceptors (Lipinski definition) is 3. The van der Waals surface area contributed by atoms with Crippen LogP contribution in [0.2, 0.25) is 0 Å². The Hall–Kier alpha value is -0.980. The van der Waals surface area contributed by atoms with Gasteiger partial charge in [-0.2, -0.15) is 0 Å². The van der Waals surface area contributed by atoms with Gasteiger partial charge in [-0.15, -0.1) is 10.2 Å². The van der Waals surface area contributed by atoms with Gasteiger partial charge in [0.05, 0.1) is 0 Å². The molecule has 0 aliphatic heterocycles. The van der Waals surface area contributed by atoms with E-state index in [2.05, 4.69) is 10.2 Å². The van der Waals surface area contributed by atoms with Crippen LogP contribution in [0.1, 0.15) is 5.56 Å². The highest BCUT2D eigenvalue weighted by molar-refractivity contribution is 14.1.